The molecule has 31 heavy (non-hydrogen) atoms. The molecule has 0 spiro atoms. The molecule has 1 aliphatic rings. The molecule has 1 heterocycles. The van der Waals surface area contributed by atoms with Crippen molar-refractivity contribution < 1.29 is 18.0 Å². The van der Waals surface area contributed by atoms with Gasteiger partial charge in [-0.25, -0.2) is 12.7 Å². The molecule has 0 aliphatic carbocycles. The van der Waals surface area contributed by atoms with Crippen molar-refractivity contribution in [3.8, 4) is 0 Å². The average molecular weight is 444 g/mol. The second-order valence-electron chi connectivity index (χ2n) is 7.84. The topological polar surface area (TPSA) is 95.6 Å². The summed E-state index contributed by atoms with van der Waals surface area (Å²) in [5.41, 5.74) is 1.84. The summed E-state index contributed by atoms with van der Waals surface area (Å²) < 4.78 is 26.5. The van der Waals surface area contributed by atoms with Crippen molar-refractivity contribution in [2.24, 2.45) is 0 Å². The molecule has 7 nitrogen and oxygen atoms in total. The van der Waals surface area contributed by atoms with Gasteiger partial charge in [0, 0.05) is 24.7 Å². The summed E-state index contributed by atoms with van der Waals surface area (Å²) in [5, 5.41) is 5.69. The van der Waals surface area contributed by atoms with E-state index in [1.165, 1.54) is 4.31 Å². The van der Waals surface area contributed by atoms with Crippen LogP contribution in [0.15, 0.2) is 48.5 Å². The van der Waals surface area contributed by atoms with Gasteiger partial charge in [-0.2, -0.15) is 0 Å². The Labute approximate surface area is 183 Å². The second-order valence-corrected chi connectivity index (χ2v) is 9.81. The van der Waals surface area contributed by atoms with Gasteiger partial charge in [-0.05, 0) is 56.0 Å². The number of rotatable bonds is 8. The number of hydrogen-bond acceptors (Lipinski definition) is 4. The van der Waals surface area contributed by atoms with Crippen LogP contribution in [0.25, 0.3) is 0 Å². The molecular weight excluding hydrogens is 414 g/mol. The van der Waals surface area contributed by atoms with Crippen molar-refractivity contribution in [2.75, 3.05) is 18.4 Å². The molecule has 166 valence electrons. The Balaban J connectivity index is 1.68. The molecule has 1 saturated heterocycles. The number of nitrogens with zero attached hydrogens (tertiary/aromatic N) is 1. The molecule has 1 fully saturated rings. The number of nitrogens with one attached hydrogen (secondary N) is 2. The molecule has 1 atom stereocenters. The number of amides is 2. The van der Waals surface area contributed by atoms with Crippen molar-refractivity contribution in [3.05, 3.63) is 65.2 Å². The van der Waals surface area contributed by atoms with Gasteiger partial charge in [-0.3, -0.25) is 9.59 Å². The molecule has 0 radical (unpaired) electrons. The molecule has 2 N–H and O–H groups in total. The molecule has 2 amide bonds. The molecule has 0 saturated carbocycles. The summed E-state index contributed by atoms with van der Waals surface area (Å²) in [6.45, 7) is 5.06. The first-order valence-corrected chi connectivity index (χ1v) is 12.2. The van der Waals surface area contributed by atoms with E-state index in [-0.39, 0.29) is 23.6 Å². The van der Waals surface area contributed by atoms with Crippen LogP contribution in [0, 0.1) is 0 Å². The van der Waals surface area contributed by atoms with Crippen LogP contribution in [-0.2, 0) is 15.8 Å². The highest BCUT2D eigenvalue weighted by molar-refractivity contribution is 7.88. The van der Waals surface area contributed by atoms with E-state index in [4.69, 9.17) is 0 Å². The van der Waals surface area contributed by atoms with Gasteiger partial charge in [0.1, 0.15) is 0 Å². The lowest BCUT2D eigenvalue weighted by Gasteiger charge is -2.16. The summed E-state index contributed by atoms with van der Waals surface area (Å²) in [6, 6.07) is 13.4. The van der Waals surface area contributed by atoms with Gasteiger partial charge in [-0.15, -0.1) is 0 Å². The zero-order valence-electron chi connectivity index (χ0n) is 17.9. The zero-order chi connectivity index (χ0) is 22.4. The first kappa shape index (κ1) is 23.0. The summed E-state index contributed by atoms with van der Waals surface area (Å²) >= 11 is 0. The van der Waals surface area contributed by atoms with E-state index in [9.17, 15) is 18.0 Å². The van der Waals surface area contributed by atoms with Gasteiger partial charge >= 0.3 is 0 Å². The van der Waals surface area contributed by atoms with Crippen LogP contribution >= 0.6 is 0 Å². The van der Waals surface area contributed by atoms with E-state index < -0.39 is 10.0 Å². The normalized spacial score (nSPS) is 15.4. The minimum Gasteiger partial charge on any atom is -0.350 e. The Morgan fingerprint density at radius 2 is 1.65 bits per heavy atom. The fourth-order valence-electron chi connectivity index (χ4n) is 3.41. The first-order valence-electron chi connectivity index (χ1n) is 10.6. The number of hydrogen-bond donors (Lipinski definition) is 2. The van der Waals surface area contributed by atoms with E-state index in [1.54, 1.807) is 48.5 Å². The van der Waals surface area contributed by atoms with Crippen molar-refractivity contribution in [3.63, 3.8) is 0 Å². The van der Waals surface area contributed by atoms with Crippen molar-refractivity contribution in [1.29, 1.82) is 0 Å². The number of benzene rings is 2. The summed E-state index contributed by atoms with van der Waals surface area (Å²) in [5.74, 6) is -0.682. The third-order valence-electron chi connectivity index (χ3n) is 5.43. The molecule has 1 unspecified atom stereocenters. The summed E-state index contributed by atoms with van der Waals surface area (Å²) in [6.07, 6.45) is 2.60. The lowest BCUT2D eigenvalue weighted by atomic mass is 10.1. The molecule has 0 bridgehead atoms. The third-order valence-corrected chi connectivity index (χ3v) is 7.28. The van der Waals surface area contributed by atoms with Crippen LogP contribution in [0.5, 0.6) is 0 Å². The van der Waals surface area contributed by atoms with Gasteiger partial charge in [0.05, 0.1) is 17.0 Å². The highest BCUT2D eigenvalue weighted by Crippen LogP contribution is 2.19. The Morgan fingerprint density at radius 1 is 1.00 bits per heavy atom. The quantitative estimate of drug-likeness (QED) is 0.654. The van der Waals surface area contributed by atoms with Gasteiger partial charge in [0.15, 0.2) is 0 Å². The van der Waals surface area contributed by atoms with Crippen LogP contribution in [0.3, 0.4) is 0 Å². The largest absolute Gasteiger partial charge is 0.350 e. The van der Waals surface area contributed by atoms with E-state index >= 15 is 0 Å². The monoisotopic (exact) mass is 443 g/mol. The van der Waals surface area contributed by atoms with Crippen LogP contribution < -0.4 is 10.6 Å². The van der Waals surface area contributed by atoms with Gasteiger partial charge < -0.3 is 10.6 Å². The fraction of sp³-hybridized carbons (Fsp3) is 0.391. The van der Waals surface area contributed by atoms with Crippen molar-refractivity contribution in [1.82, 2.24) is 9.62 Å². The summed E-state index contributed by atoms with van der Waals surface area (Å²) in [7, 11) is -3.33. The number of carbonyl (C=O) groups excluding carboxylic acids is 2. The lowest BCUT2D eigenvalue weighted by Crippen LogP contribution is -2.32. The van der Waals surface area contributed by atoms with E-state index in [0.717, 1.165) is 19.3 Å². The van der Waals surface area contributed by atoms with Crippen LogP contribution in [-0.4, -0.2) is 43.7 Å². The number of para-hydroxylation sites is 1. The average Bonchev–Trinajstić information content (AvgIpc) is 3.30. The maximum absolute atomic E-state index is 12.7. The maximum atomic E-state index is 12.7. The van der Waals surface area contributed by atoms with Crippen LogP contribution in [0.1, 0.15) is 59.4 Å². The highest BCUT2D eigenvalue weighted by Gasteiger charge is 2.25. The van der Waals surface area contributed by atoms with Crippen LogP contribution in [0.2, 0.25) is 0 Å². The van der Waals surface area contributed by atoms with Crippen molar-refractivity contribution >= 4 is 27.5 Å². The van der Waals surface area contributed by atoms with Crippen LogP contribution in [0.4, 0.5) is 5.69 Å². The minimum absolute atomic E-state index is 0.0284. The molecule has 3 rings (SSSR count). The number of anilines is 1. The number of sulfonamides is 1. The number of carbonyl (C=O) groups is 2. The van der Waals surface area contributed by atoms with E-state index in [2.05, 4.69) is 10.6 Å². The minimum atomic E-state index is -3.33. The molecular formula is C23H29N3O4S. The highest BCUT2D eigenvalue weighted by atomic mass is 32.2. The molecule has 2 aromatic rings. The van der Waals surface area contributed by atoms with Crippen molar-refractivity contribution in [2.45, 2.75) is 44.9 Å². The molecule has 0 aromatic heterocycles. The van der Waals surface area contributed by atoms with E-state index in [0.29, 0.717) is 35.5 Å². The lowest BCUT2D eigenvalue weighted by molar-refractivity contribution is 0.0940. The molecule has 8 heteroatoms. The Kier molecular flexibility index (Phi) is 7.46. The smallest absolute Gasteiger partial charge is 0.255 e. The fourth-order valence-corrected chi connectivity index (χ4v) is 5.02. The van der Waals surface area contributed by atoms with Gasteiger partial charge in [-0.1, -0.05) is 31.2 Å². The maximum Gasteiger partial charge on any atom is 0.255 e. The first-order chi connectivity index (χ1) is 14.8. The Bertz CT molecular complexity index is 1030. The third kappa shape index (κ3) is 5.92. The SMILES string of the molecule is CCC(C)NC(=O)c1ccccc1NC(=O)c1ccc(CS(=O)(=O)N2CCCC2)cc1. The Hall–Kier alpha value is -2.71. The molecule has 2 aromatic carbocycles. The van der Waals surface area contributed by atoms with Gasteiger partial charge in [0.25, 0.3) is 11.8 Å². The van der Waals surface area contributed by atoms with E-state index in [1.807, 2.05) is 13.8 Å². The molecule has 1 aliphatic heterocycles. The Morgan fingerprint density at radius 3 is 2.29 bits per heavy atom. The predicted octanol–water partition coefficient (Wildman–Crippen LogP) is 3.39. The summed E-state index contributed by atoms with van der Waals surface area (Å²) in [4.78, 5) is 25.2. The predicted molar refractivity (Wildman–Crippen MR) is 121 cm³/mol. The zero-order valence-corrected chi connectivity index (χ0v) is 18.7. The van der Waals surface area contributed by atoms with Gasteiger partial charge in [0.2, 0.25) is 10.0 Å². The second kappa shape index (κ2) is 10.1. The standard InChI is InChI=1S/C23H29N3O4S/c1-3-17(2)24-23(28)20-8-4-5-9-21(20)25-22(27)19-12-10-18(11-13-19)16-31(29,30)26-14-6-7-15-26/h4-5,8-13,17H,3,6-7,14-16H2,1-2H3,(H,24,28)(H,25,27).